The van der Waals surface area contributed by atoms with E-state index in [0.717, 1.165) is 23.5 Å². The third-order valence-corrected chi connectivity index (χ3v) is 3.30. The number of rotatable bonds is 4. The Morgan fingerprint density at radius 2 is 2.37 bits per heavy atom. The number of esters is 1. The predicted octanol–water partition coefficient (Wildman–Crippen LogP) is 1.17. The fourth-order valence-electron chi connectivity index (χ4n) is 2.14. The molecule has 19 heavy (non-hydrogen) atoms. The minimum atomic E-state index is -0.148. The van der Waals surface area contributed by atoms with Gasteiger partial charge in [-0.25, -0.2) is 4.98 Å². The molecule has 7 nitrogen and oxygen atoms in total. The molecule has 0 unspecified atom stereocenters. The quantitative estimate of drug-likeness (QED) is 0.805. The van der Waals surface area contributed by atoms with E-state index in [1.54, 1.807) is 6.20 Å². The fraction of sp³-hybridized carbons (Fsp3) is 0.500. The summed E-state index contributed by atoms with van der Waals surface area (Å²) in [5, 5.41) is 13.9. The molecule has 2 aromatic rings. The maximum absolute atomic E-state index is 11.6. The molecule has 2 atom stereocenters. The Bertz CT molecular complexity index is 603. The Morgan fingerprint density at radius 1 is 1.53 bits per heavy atom. The van der Waals surface area contributed by atoms with Gasteiger partial charge in [0.05, 0.1) is 24.3 Å². The summed E-state index contributed by atoms with van der Waals surface area (Å²) in [6, 6.07) is 0. The normalized spacial score (nSPS) is 21.4. The average Bonchev–Trinajstić information content (AvgIpc) is 2.84. The van der Waals surface area contributed by atoms with Gasteiger partial charge in [0.15, 0.2) is 5.82 Å². The van der Waals surface area contributed by atoms with Crippen LogP contribution in [0, 0.1) is 12.8 Å². The molecule has 1 aliphatic carbocycles. The first-order valence-corrected chi connectivity index (χ1v) is 6.30. The number of carbonyl (C=O) groups is 1. The molecule has 2 aromatic heterocycles. The summed E-state index contributed by atoms with van der Waals surface area (Å²) in [6.45, 7) is 4.14. The molecular weight excluding hydrogens is 246 g/mol. The molecule has 0 spiro atoms. The first-order chi connectivity index (χ1) is 9.20. The zero-order valence-corrected chi connectivity index (χ0v) is 10.8. The van der Waals surface area contributed by atoms with Crippen LogP contribution in [0.3, 0.4) is 0 Å². The fourth-order valence-corrected chi connectivity index (χ4v) is 2.14. The molecule has 0 saturated heterocycles. The van der Waals surface area contributed by atoms with Crippen LogP contribution in [0.5, 0.6) is 0 Å². The summed E-state index contributed by atoms with van der Waals surface area (Å²) >= 11 is 0. The Hall–Kier alpha value is -2.18. The van der Waals surface area contributed by atoms with Crippen molar-refractivity contribution in [2.24, 2.45) is 5.92 Å². The van der Waals surface area contributed by atoms with E-state index in [4.69, 9.17) is 4.74 Å². The summed E-state index contributed by atoms with van der Waals surface area (Å²) in [5.74, 6) is 1.23. The molecule has 0 aliphatic heterocycles. The molecule has 0 amide bonds. The van der Waals surface area contributed by atoms with Crippen LogP contribution in [0.1, 0.15) is 30.8 Å². The molecule has 100 valence electrons. The van der Waals surface area contributed by atoms with Crippen LogP contribution >= 0.6 is 0 Å². The number of carbonyl (C=O) groups excluding carboxylic acids is 1. The molecule has 1 saturated carbocycles. The minimum absolute atomic E-state index is 0.0776. The number of H-pyrrole nitrogens is 2. The smallest absolute Gasteiger partial charge is 0.309 e. The maximum atomic E-state index is 11.6. The second-order valence-corrected chi connectivity index (χ2v) is 4.65. The van der Waals surface area contributed by atoms with E-state index in [0.29, 0.717) is 12.4 Å². The van der Waals surface area contributed by atoms with Gasteiger partial charge in [-0.1, -0.05) is 0 Å². The van der Waals surface area contributed by atoms with Crippen LogP contribution in [0.15, 0.2) is 6.20 Å². The van der Waals surface area contributed by atoms with E-state index in [9.17, 15) is 4.79 Å². The van der Waals surface area contributed by atoms with E-state index < -0.39 is 0 Å². The van der Waals surface area contributed by atoms with Crippen molar-refractivity contribution >= 4 is 5.97 Å². The van der Waals surface area contributed by atoms with E-state index in [1.807, 2.05) is 13.8 Å². The molecule has 7 heteroatoms. The molecule has 1 fully saturated rings. The lowest BCUT2D eigenvalue weighted by molar-refractivity contribution is -0.144. The first-order valence-electron chi connectivity index (χ1n) is 6.30. The third kappa shape index (κ3) is 2.11. The van der Waals surface area contributed by atoms with Crippen LogP contribution in [0.4, 0.5) is 0 Å². The lowest BCUT2D eigenvalue weighted by Crippen LogP contribution is -2.07. The average molecular weight is 261 g/mol. The zero-order valence-electron chi connectivity index (χ0n) is 10.8. The van der Waals surface area contributed by atoms with Gasteiger partial charge in [0.1, 0.15) is 5.82 Å². The summed E-state index contributed by atoms with van der Waals surface area (Å²) in [7, 11) is 0. The largest absolute Gasteiger partial charge is 0.466 e. The molecule has 2 heterocycles. The highest BCUT2D eigenvalue weighted by Gasteiger charge is 2.47. The van der Waals surface area contributed by atoms with Gasteiger partial charge in [-0.2, -0.15) is 10.2 Å². The van der Waals surface area contributed by atoms with E-state index in [-0.39, 0.29) is 17.8 Å². The van der Waals surface area contributed by atoms with Crippen LogP contribution in [0.2, 0.25) is 0 Å². The van der Waals surface area contributed by atoms with Gasteiger partial charge in [-0.05, 0) is 20.3 Å². The van der Waals surface area contributed by atoms with Gasteiger partial charge < -0.3 is 4.74 Å². The second-order valence-electron chi connectivity index (χ2n) is 4.65. The standard InChI is InChI=1S/C12H15N5O2/c1-3-19-12(18)8-4-7(8)10-14-11(17-16-10)9-5-13-15-6(9)2/h5,7-8H,3-4H2,1-2H3,(H,13,15)(H,14,16,17)/t7-,8-/m1/s1. The van der Waals surface area contributed by atoms with Crippen molar-refractivity contribution < 1.29 is 9.53 Å². The number of aromatic nitrogens is 5. The first kappa shape index (κ1) is 11.9. The van der Waals surface area contributed by atoms with E-state index >= 15 is 0 Å². The lowest BCUT2D eigenvalue weighted by atomic mass is 10.2. The molecule has 0 radical (unpaired) electrons. The molecule has 0 bridgehead atoms. The molecular formula is C12H15N5O2. The van der Waals surface area contributed by atoms with Gasteiger partial charge in [0.2, 0.25) is 0 Å². The summed E-state index contributed by atoms with van der Waals surface area (Å²) in [4.78, 5) is 16.0. The highest BCUT2D eigenvalue weighted by Crippen LogP contribution is 2.47. The van der Waals surface area contributed by atoms with Crippen molar-refractivity contribution in [3.05, 3.63) is 17.7 Å². The number of aromatic amines is 2. The SMILES string of the molecule is CCOC(=O)[C@@H]1C[C@H]1c1nc(-c2cn[nH]c2C)n[nH]1. The molecule has 1 aliphatic rings. The van der Waals surface area contributed by atoms with Gasteiger partial charge in [0, 0.05) is 11.6 Å². The molecule has 0 aromatic carbocycles. The van der Waals surface area contributed by atoms with Crippen molar-refractivity contribution in [3.8, 4) is 11.4 Å². The molecule has 2 N–H and O–H groups in total. The van der Waals surface area contributed by atoms with E-state index in [1.165, 1.54) is 0 Å². The third-order valence-electron chi connectivity index (χ3n) is 3.30. The van der Waals surface area contributed by atoms with E-state index in [2.05, 4.69) is 25.4 Å². The lowest BCUT2D eigenvalue weighted by Gasteiger charge is -1.98. The number of hydrogen-bond donors (Lipinski definition) is 2. The Morgan fingerprint density at radius 3 is 3.05 bits per heavy atom. The predicted molar refractivity (Wildman–Crippen MR) is 66.2 cm³/mol. The van der Waals surface area contributed by atoms with Crippen molar-refractivity contribution in [1.29, 1.82) is 0 Å². The monoisotopic (exact) mass is 261 g/mol. The van der Waals surface area contributed by atoms with Crippen molar-refractivity contribution in [2.75, 3.05) is 6.61 Å². The van der Waals surface area contributed by atoms with Crippen molar-refractivity contribution in [2.45, 2.75) is 26.2 Å². The van der Waals surface area contributed by atoms with Gasteiger partial charge in [-0.3, -0.25) is 15.0 Å². The summed E-state index contributed by atoms with van der Waals surface area (Å²) in [6.07, 6.45) is 2.47. The van der Waals surface area contributed by atoms with Gasteiger partial charge in [0.25, 0.3) is 0 Å². The Labute approximate surface area is 109 Å². The number of hydrogen-bond acceptors (Lipinski definition) is 5. The van der Waals surface area contributed by atoms with Crippen LogP contribution in [-0.4, -0.2) is 38.0 Å². The van der Waals surface area contributed by atoms with Gasteiger partial charge in [-0.15, -0.1) is 0 Å². The Balaban J connectivity index is 1.74. The highest BCUT2D eigenvalue weighted by atomic mass is 16.5. The molecule has 3 rings (SSSR count). The Kier molecular flexibility index (Phi) is 2.81. The highest BCUT2D eigenvalue weighted by molar-refractivity contribution is 5.77. The maximum Gasteiger partial charge on any atom is 0.309 e. The van der Waals surface area contributed by atoms with Gasteiger partial charge >= 0.3 is 5.97 Å². The van der Waals surface area contributed by atoms with Crippen LogP contribution < -0.4 is 0 Å². The van der Waals surface area contributed by atoms with Crippen molar-refractivity contribution in [1.82, 2.24) is 25.4 Å². The topological polar surface area (TPSA) is 96.6 Å². The van der Waals surface area contributed by atoms with Crippen LogP contribution in [-0.2, 0) is 9.53 Å². The number of ether oxygens (including phenoxy) is 1. The van der Waals surface area contributed by atoms with Crippen molar-refractivity contribution in [3.63, 3.8) is 0 Å². The zero-order chi connectivity index (χ0) is 13.4. The second kappa shape index (κ2) is 4.49. The van der Waals surface area contributed by atoms with Crippen LogP contribution in [0.25, 0.3) is 11.4 Å². The summed E-state index contributed by atoms with van der Waals surface area (Å²) in [5.41, 5.74) is 1.79. The number of aryl methyl sites for hydroxylation is 1. The number of nitrogens with one attached hydrogen (secondary N) is 2. The summed E-state index contributed by atoms with van der Waals surface area (Å²) < 4.78 is 5.00. The number of nitrogens with zero attached hydrogens (tertiary/aromatic N) is 3. The minimum Gasteiger partial charge on any atom is -0.466 e.